The molecular weight excluding hydrogens is 340 g/mol. The van der Waals surface area contributed by atoms with Crippen molar-refractivity contribution < 1.29 is 0 Å². The topological polar surface area (TPSA) is 75.3 Å². The maximum Gasteiger partial charge on any atom is 0.254 e. The molecule has 1 aromatic carbocycles. The summed E-state index contributed by atoms with van der Waals surface area (Å²) in [6, 6.07) is 8.39. The smallest absolute Gasteiger partial charge is 0.254 e. The Hall–Kier alpha value is -3.29. The fourth-order valence-electron chi connectivity index (χ4n) is 3.69. The SMILES string of the molecule is Cc1ccc2ncnc(N3CCN(c4cc(C)nc5ncnn45)CC3)c2c1. The fourth-order valence-corrected chi connectivity index (χ4v) is 3.69. The van der Waals surface area contributed by atoms with Crippen molar-refractivity contribution in [1.82, 2.24) is 29.5 Å². The van der Waals surface area contributed by atoms with Gasteiger partial charge in [-0.1, -0.05) is 11.6 Å². The summed E-state index contributed by atoms with van der Waals surface area (Å²) in [5.74, 6) is 2.70. The molecule has 8 nitrogen and oxygen atoms in total. The molecule has 8 heteroatoms. The number of hydrogen-bond donors (Lipinski definition) is 0. The lowest BCUT2D eigenvalue weighted by Gasteiger charge is -2.36. The first-order chi connectivity index (χ1) is 13.2. The van der Waals surface area contributed by atoms with Crippen molar-refractivity contribution in [3.63, 3.8) is 0 Å². The van der Waals surface area contributed by atoms with Gasteiger partial charge in [0.2, 0.25) is 0 Å². The van der Waals surface area contributed by atoms with Crippen molar-refractivity contribution in [2.24, 2.45) is 0 Å². The Morgan fingerprint density at radius 3 is 2.52 bits per heavy atom. The van der Waals surface area contributed by atoms with Gasteiger partial charge in [0.1, 0.15) is 24.3 Å². The van der Waals surface area contributed by atoms with E-state index in [0.717, 1.165) is 54.4 Å². The molecule has 0 amide bonds. The minimum absolute atomic E-state index is 0.643. The summed E-state index contributed by atoms with van der Waals surface area (Å²) in [4.78, 5) is 22.3. The molecular formula is C19H20N8. The monoisotopic (exact) mass is 360 g/mol. The van der Waals surface area contributed by atoms with E-state index >= 15 is 0 Å². The number of benzene rings is 1. The number of piperazine rings is 1. The van der Waals surface area contributed by atoms with Gasteiger partial charge < -0.3 is 9.80 Å². The lowest BCUT2D eigenvalue weighted by atomic mass is 10.1. The first kappa shape index (κ1) is 15.9. The number of rotatable bonds is 2. The molecule has 1 aliphatic heterocycles. The molecule has 1 aliphatic rings. The van der Waals surface area contributed by atoms with E-state index in [4.69, 9.17) is 0 Å². The highest BCUT2D eigenvalue weighted by molar-refractivity contribution is 5.89. The van der Waals surface area contributed by atoms with E-state index in [2.05, 4.69) is 66.0 Å². The minimum atomic E-state index is 0.643. The summed E-state index contributed by atoms with van der Waals surface area (Å²) in [5, 5.41) is 5.45. The molecule has 3 aromatic heterocycles. The number of aryl methyl sites for hydroxylation is 2. The van der Waals surface area contributed by atoms with Crippen LogP contribution in [0.3, 0.4) is 0 Å². The van der Waals surface area contributed by atoms with E-state index in [-0.39, 0.29) is 0 Å². The van der Waals surface area contributed by atoms with Crippen molar-refractivity contribution in [1.29, 1.82) is 0 Å². The lowest BCUT2D eigenvalue weighted by molar-refractivity contribution is 0.634. The van der Waals surface area contributed by atoms with Gasteiger partial charge in [-0.25, -0.2) is 15.0 Å². The van der Waals surface area contributed by atoms with Gasteiger partial charge in [0, 0.05) is 43.3 Å². The molecule has 4 aromatic rings. The summed E-state index contributed by atoms with van der Waals surface area (Å²) >= 11 is 0. The zero-order valence-corrected chi connectivity index (χ0v) is 15.4. The molecule has 0 aliphatic carbocycles. The van der Waals surface area contributed by atoms with Gasteiger partial charge in [-0.2, -0.15) is 14.6 Å². The maximum absolute atomic E-state index is 4.58. The van der Waals surface area contributed by atoms with Crippen molar-refractivity contribution >= 4 is 28.3 Å². The summed E-state index contributed by atoms with van der Waals surface area (Å²) in [5.41, 5.74) is 3.16. The van der Waals surface area contributed by atoms with Crippen molar-refractivity contribution in [3.8, 4) is 0 Å². The van der Waals surface area contributed by atoms with Crippen LogP contribution in [0, 0.1) is 13.8 Å². The third kappa shape index (κ3) is 2.73. The van der Waals surface area contributed by atoms with Crippen molar-refractivity contribution in [2.75, 3.05) is 36.0 Å². The molecule has 0 N–H and O–H groups in total. The quantitative estimate of drug-likeness (QED) is 0.541. The zero-order chi connectivity index (χ0) is 18.4. The largest absolute Gasteiger partial charge is 0.353 e. The predicted octanol–water partition coefficient (Wildman–Crippen LogP) is 2.01. The Bertz CT molecular complexity index is 1130. The van der Waals surface area contributed by atoms with Crippen molar-refractivity contribution in [3.05, 3.63) is 48.2 Å². The molecule has 4 heterocycles. The van der Waals surface area contributed by atoms with Crippen LogP contribution in [0.15, 0.2) is 36.9 Å². The molecule has 0 unspecified atom stereocenters. The van der Waals surface area contributed by atoms with Gasteiger partial charge in [-0.05, 0) is 26.0 Å². The van der Waals surface area contributed by atoms with Crippen molar-refractivity contribution in [2.45, 2.75) is 13.8 Å². The van der Waals surface area contributed by atoms with Gasteiger partial charge in [0.25, 0.3) is 5.78 Å². The summed E-state index contributed by atoms with van der Waals surface area (Å²) in [6.45, 7) is 7.63. The molecule has 136 valence electrons. The minimum Gasteiger partial charge on any atom is -0.353 e. The highest BCUT2D eigenvalue weighted by atomic mass is 15.4. The van der Waals surface area contributed by atoms with Crippen LogP contribution in [-0.2, 0) is 0 Å². The third-order valence-corrected chi connectivity index (χ3v) is 5.03. The van der Waals surface area contributed by atoms with Gasteiger partial charge in [0.05, 0.1) is 5.52 Å². The summed E-state index contributed by atoms with van der Waals surface area (Å²) < 4.78 is 1.81. The predicted molar refractivity (Wildman–Crippen MR) is 104 cm³/mol. The average molecular weight is 360 g/mol. The molecule has 0 saturated carbocycles. The van der Waals surface area contributed by atoms with Gasteiger partial charge in [-0.15, -0.1) is 0 Å². The molecule has 27 heavy (non-hydrogen) atoms. The lowest BCUT2D eigenvalue weighted by Crippen LogP contribution is -2.47. The van der Waals surface area contributed by atoms with E-state index in [0.29, 0.717) is 5.78 Å². The van der Waals surface area contributed by atoms with E-state index in [1.165, 1.54) is 5.56 Å². The van der Waals surface area contributed by atoms with Crippen LogP contribution >= 0.6 is 0 Å². The maximum atomic E-state index is 4.58. The molecule has 0 spiro atoms. The summed E-state index contributed by atoms with van der Waals surface area (Å²) in [6.07, 6.45) is 3.21. The van der Waals surface area contributed by atoms with Gasteiger partial charge in [0.15, 0.2) is 0 Å². The second-order valence-electron chi connectivity index (χ2n) is 6.92. The molecule has 5 rings (SSSR count). The second-order valence-corrected chi connectivity index (χ2v) is 6.92. The van der Waals surface area contributed by atoms with E-state index < -0.39 is 0 Å². The average Bonchev–Trinajstić information content (AvgIpc) is 3.15. The van der Waals surface area contributed by atoms with Gasteiger partial charge in [-0.3, -0.25) is 0 Å². The summed E-state index contributed by atoms with van der Waals surface area (Å²) in [7, 11) is 0. The molecule has 0 atom stereocenters. The Labute approximate surface area is 156 Å². The molecule has 0 radical (unpaired) electrons. The molecule has 1 saturated heterocycles. The molecule has 1 fully saturated rings. The number of aromatic nitrogens is 6. The van der Waals surface area contributed by atoms with Gasteiger partial charge >= 0.3 is 0 Å². The Morgan fingerprint density at radius 2 is 1.67 bits per heavy atom. The van der Waals surface area contributed by atoms with Crippen LogP contribution in [-0.4, -0.2) is 55.7 Å². The molecule has 0 bridgehead atoms. The normalized spacial score (nSPS) is 15.0. The van der Waals surface area contributed by atoms with Crippen LogP contribution in [0.25, 0.3) is 16.7 Å². The van der Waals surface area contributed by atoms with Crippen LogP contribution < -0.4 is 9.80 Å². The zero-order valence-electron chi connectivity index (χ0n) is 15.4. The number of fused-ring (bicyclic) bond motifs is 2. The van der Waals surface area contributed by atoms with Crippen LogP contribution in [0.4, 0.5) is 11.6 Å². The Kier molecular flexibility index (Phi) is 3.63. The van der Waals surface area contributed by atoms with Crippen LogP contribution in [0.2, 0.25) is 0 Å². The van der Waals surface area contributed by atoms with E-state index in [1.54, 1.807) is 12.7 Å². The number of anilines is 2. The van der Waals surface area contributed by atoms with Crippen LogP contribution in [0.5, 0.6) is 0 Å². The van der Waals surface area contributed by atoms with E-state index in [1.807, 2.05) is 11.4 Å². The van der Waals surface area contributed by atoms with E-state index in [9.17, 15) is 0 Å². The Morgan fingerprint density at radius 1 is 0.852 bits per heavy atom. The van der Waals surface area contributed by atoms with Crippen LogP contribution in [0.1, 0.15) is 11.3 Å². The first-order valence-electron chi connectivity index (χ1n) is 9.08. The number of hydrogen-bond acceptors (Lipinski definition) is 7. The Balaban J connectivity index is 1.44. The standard InChI is InChI=1S/C19H20N8/c1-13-3-4-16-15(9-13)18(21-11-20-16)26-7-5-25(6-8-26)17-10-14(2)24-19-22-12-23-27(17)19/h3-4,9-12H,5-8H2,1-2H3. The first-order valence-corrected chi connectivity index (χ1v) is 9.08. The number of nitrogens with zero attached hydrogens (tertiary/aromatic N) is 8. The second kappa shape index (κ2) is 6.15. The fraction of sp³-hybridized carbons (Fsp3) is 0.316. The third-order valence-electron chi connectivity index (χ3n) is 5.03. The highest BCUT2D eigenvalue weighted by Gasteiger charge is 2.22. The highest BCUT2D eigenvalue weighted by Crippen LogP contribution is 2.26.